The monoisotopic (exact) mass is 431 g/mol. The molecule has 9 heteroatoms. The molecular weight excluding hydrogens is 406 g/mol. The highest BCUT2D eigenvalue weighted by atomic mass is 16.5. The van der Waals surface area contributed by atoms with E-state index < -0.39 is 0 Å². The van der Waals surface area contributed by atoms with E-state index in [9.17, 15) is 0 Å². The highest BCUT2D eigenvalue weighted by molar-refractivity contribution is 5.91. The zero-order valence-electron chi connectivity index (χ0n) is 17.9. The number of methoxy groups -OCH3 is 1. The minimum Gasteiger partial charge on any atom is -0.480 e. The largest absolute Gasteiger partial charge is 0.480 e. The summed E-state index contributed by atoms with van der Waals surface area (Å²) in [6, 6.07) is 9.21. The molecule has 0 radical (unpaired) electrons. The van der Waals surface area contributed by atoms with Crippen LogP contribution in [0.15, 0.2) is 43.0 Å². The van der Waals surface area contributed by atoms with Crippen molar-refractivity contribution in [3.63, 3.8) is 0 Å². The van der Waals surface area contributed by atoms with E-state index in [1.54, 1.807) is 7.11 Å². The fraction of sp³-hybridized carbons (Fsp3) is 0.391. The van der Waals surface area contributed by atoms with Crippen LogP contribution in [0.4, 0.5) is 5.95 Å². The van der Waals surface area contributed by atoms with E-state index in [2.05, 4.69) is 48.5 Å². The predicted molar refractivity (Wildman–Crippen MR) is 121 cm³/mol. The van der Waals surface area contributed by atoms with Crippen LogP contribution in [0, 0.1) is 0 Å². The van der Waals surface area contributed by atoms with Gasteiger partial charge in [0, 0.05) is 36.9 Å². The number of nitrogens with one attached hydrogen (secondary N) is 1. The molecule has 9 nitrogen and oxygen atoms in total. The Morgan fingerprint density at radius 1 is 1.09 bits per heavy atom. The number of benzene rings is 1. The van der Waals surface area contributed by atoms with Gasteiger partial charge in [-0.3, -0.25) is 4.90 Å². The van der Waals surface area contributed by atoms with Crippen LogP contribution in [-0.4, -0.2) is 75.0 Å². The van der Waals surface area contributed by atoms with Crippen molar-refractivity contribution in [2.75, 3.05) is 38.7 Å². The van der Waals surface area contributed by atoms with E-state index in [4.69, 9.17) is 9.47 Å². The molecule has 32 heavy (non-hydrogen) atoms. The van der Waals surface area contributed by atoms with E-state index >= 15 is 0 Å². The molecule has 4 heterocycles. The predicted octanol–water partition coefficient (Wildman–Crippen LogP) is 2.62. The summed E-state index contributed by atoms with van der Waals surface area (Å²) in [5.41, 5.74) is 3.90. The van der Waals surface area contributed by atoms with Crippen LogP contribution in [0.25, 0.3) is 27.5 Å². The summed E-state index contributed by atoms with van der Waals surface area (Å²) in [5.74, 6) is 1.23. The second kappa shape index (κ2) is 7.99. The molecule has 164 valence electrons. The molecule has 6 rings (SSSR count). The van der Waals surface area contributed by atoms with Gasteiger partial charge in [-0.25, -0.2) is 19.5 Å². The zero-order chi connectivity index (χ0) is 21.5. The molecule has 1 saturated heterocycles. The van der Waals surface area contributed by atoms with E-state index in [0.717, 1.165) is 66.7 Å². The van der Waals surface area contributed by atoms with Crippen LogP contribution in [0.1, 0.15) is 12.8 Å². The van der Waals surface area contributed by atoms with Crippen LogP contribution in [-0.2, 0) is 4.74 Å². The molecule has 4 aromatic rings. The van der Waals surface area contributed by atoms with Crippen LogP contribution in [0.3, 0.4) is 0 Å². The number of anilines is 1. The van der Waals surface area contributed by atoms with Gasteiger partial charge in [-0.15, -0.1) is 5.10 Å². The summed E-state index contributed by atoms with van der Waals surface area (Å²) in [5, 5.41) is 9.06. The summed E-state index contributed by atoms with van der Waals surface area (Å²) in [4.78, 5) is 15.7. The molecule has 0 amide bonds. The molecule has 0 atom stereocenters. The SMILES string of the molecule is COc1ncnc2ccc(-c3ccn4nc(N[C@H]5C[C@H](N6CCOCC6)C5)ncc34)cc12. The maximum Gasteiger partial charge on any atom is 0.241 e. The Morgan fingerprint density at radius 3 is 2.81 bits per heavy atom. The van der Waals surface area contributed by atoms with Gasteiger partial charge in [0.1, 0.15) is 6.33 Å². The Bertz CT molecular complexity index is 1260. The molecule has 2 fully saturated rings. The Labute approximate surface area is 185 Å². The van der Waals surface area contributed by atoms with Crippen molar-refractivity contribution >= 4 is 22.4 Å². The third-order valence-corrected chi connectivity index (χ3v) is 6.53. The Morgan fingerprint density at radius 2 is 1.97 bits per heavy atom. The molecule has 0 spiro atoms. The van der Waals surface area contributed by atoms with Gasteiger partial charge in [0.2, 0.25) is 11.8 Å². The topological polar surface area (TPSA) is 89.7 Å². The summed E-state index contributed by atoms with van der Waals surface area (Å²) in [6.45, 7) is 3.78. The first kappa shape index (κ1) is 19.4. The van der Waals surface area contributed by atoms with Crippen molar-refractivity contribution in [3.8, 4) is 17.0 Å². The second-order valence-electron chi connectivity index (χ2n) is 8.37. The number of morpholine rings is 1. The van der Waals surface area contributed by atoms with Crippen molar-refractivity contribution in [2.45, 2.75) is 24.9 Å². The molecule has 1 aliphatic carbocycles. The summed E-state index contributed by atoms with van der Waals surface area (Å²) >= 11 is 0. The highest BCUT2D eigenvalue weighted by Gasteiger charge is 2.34. The molecule has 3 aromatic heterocycles. The molecule has 1 aliphatic heterocycles. The lowest BCUT2D eigenvalue weighted by atomic mass is 9.85. The number of hydrogen-bond donors (Lipinski definition) is 1. The average molecular weight is 432 g/mol. The van der Waals surface area contributed by atoms with Gasteiger partial charge in [0.15, 0.2) is 0 Å². The van der Waals surface area contributed by atoms with Gasteiger partial charge in [-0.2, -0.15) is 0 Å². The number of fused-ring (bicyclic) bond motifs is 2. The average Bonchev–Trinajstić information content (AvgIpc) is 3.24. The molecule has 0 bridgehead atoms. The maximum atomic E-state index is 5.46. The van der Waals surface area contributed by atoms with E-state index in [0.29, 0.717) is 23.9 Å². The molecule has 1 saturated carbocycles. The lowest BCUT2D eigenvalue weighted by Crippen LogP contribution is -2.53. The molecule has 1 N–H and O–H groups in total. The first-order valence-corrected chi connectivity index (χ1v) is 11.0. The van der Waals surface area contributed by atoms with E-state index in [-0.39, 0.29) is 0 Å². The third kappa shape index (κ3) is 3.43. The van der Waals surface area contributed by atoms with Gasteiger partial charge in [0.05, 0.1) is 42.9 Å². The van der Waals surface area contributed by atoms with E-state index in [1.807, 2.05) is 23.0 Å². The number of hydrogen-bond acceptors (Lipinski definition) is 8. The van der Waals surface area contributed by atoms with Crippen LogP contribution in [0.2, 0.25) is 0 Å². The first-order valence-electron chi connectivity index (χ1n) is 11.0. The van der Waals surface area contributed by atoms with Crippen LogP contribution < -0.4 is 10.1 Å². The molecular formula is C23H25N7O2. The molecule has 2 aliphatic rings. The Kier molecular flexibility index (Phi) is 4.84. The second-order valence-corrected chi connectivity index (χ2v) is 8.37. The standard InChI is InChI=1S/C23H25N7O2/c1-31-22-19-10-15(2-3-20(19)25-14-26-22)18-4-5-30-21(18)13-24-23(28-30)27-16-11-17(12-16)29-6-8-32-9-7-29/h2-5,10,13-14,16-17H,6-9,11-12H2,1H3,(H,27,28)/t16-,17-. The fourth-order valence-electron chi connectivity index (χ4n) is 4.70. The van der Waals surface area contributed by atoms with Gasteiger partial charge in [0.25, 0.3) is 0 Å². The lowest BCUT2D eigenvalue weighted by Gasteiger charge is -2.44. The number of rotatable bonds is 5. The third-order valence-electron chi connectivity index (χ3n) is 6.53. The minimum absolute atomic E-state index is 0.420. The Hall–Kier alpha value is -3.30. The van der Waals surface area contributed by atoms with Crippen LogP contribution in [0.5, 0.6) is 5.88 Å². The quantitative estimate of drug-likeness (QED) is 0.516. The summed E-state index contributed by atoms with van der Waals surface area (Å²) in [6.07, 6.45) is 7.62. The zero-order valence-corrected chi connectivity index (χ0v) is 17.9. The summed E-state index contributed by atoms with van der Waals surface area (Å²) < 4.78 is 12.7. The van der Waals surface area contributed by atoms with Crippen molar-refractivity contribution < 1.29 is 9.47 Å². The fourth-order valence-corrected chi connectivity index (χ4v) is 4.70. The first-order chi connectivity index (χ1) is 15.8. The number of nitrogens with zero attached hydrogens (tertiary/aromatic N) is 6. The maximum absolute atomic E-state index is 5.46. The normalized spacial score (nSPS) is 21.5. The molecule has 1 aromatic carbocycles. The van der Waals surface area contributed by atoms with Gasteiger partial charge < -0.3 is 14.8 Å². The van der Waals surface area contributed by atoms with E-state index in [1.165, 1.54) is 6.33 Å². The minimum atomic E-state index is 0.420. The van der Waals surface area contributed by atoms with Gasteiger partial charge >= 0.3 is 0 Å². The van der Waals surface area contributed by atoms with Gasteiger partial charge in [-0.1, -0.05) is 6.07 Å². The molecule has 0 unspecified atom stereocenters. The van der Waals surface area contributed by atoms with Gasteiger partial charge in [-0.05, 0) is 36.6 Å². The lowest BCUT2D eigenvalue weighted by molar-refractivity contribution is -0.00443. The number of aromatic nitrogens is 5. The van der Waals surface area contributed by atoms with Crippen LogP contribution >= 0.6 is 0 Å². The highest BCUT2D eigenvalue weighted by Crippen LogP contribution is 2.31. The van der Waals surface area contributed by atoms with Crippen molar-refractivity contribution in [2.24, 2.45) is 0 Å². The summed E-state index contributed by atoms with van der Waals surface area (Å²) in [7, 11) is 1.62. The van der Waals surface area contributed by atoms with Crippen molar-refractivity contribution in [1.29, 1.82) is 0 Å². The Balaban J connectivity index is 1.20. The smallest absolute Gasteiger partial charge is 0.241 e. The van der Waals surface area contributed by atoms with Crippen molar-refractivity contribution in [1.82, 2.24) is 29.5 Å². The van der Waals surface area contributed by atoms with Crippen molar-refractivity contribution in [3.05, 3.63) is 43.0 Å². The number of ether oxygens (including phenoxy) is 2.